The van der Waals surface area contributed by atoms with Crippen molar-refractivity contribution in [3.05, 3.63) is 83.3 Å². The highest BCUT2D eigenvalue weighted by Crippen LogP contribution is 2.36. The first-order valence-corrected chi connectivity index (χ1v) is 8.34. The Morgan fingerprint density at radius 2 is 1.92 bits per heavy atom. The first-order chi connectivity index (χ1) is 12.2. The molecule has 0 fully saturated rings. The van der Waals surface area contributed by atoms with Crippen LogP contribution in [0.4, 0.5) is 11.4 Å². The minimum absolute atomic E-state index is 0.0416. The van der Waals surface area contributed by atoms with Gasteiger partial charge in [0.2, 0.25) is 5.91 Å². The number of hydrogen-bond donors (Lipinski definition) is 0. The number of fused-ring (bicyclic) bond motifs is 1. The predicted molar refractivity (Wildman–Crippen MR) is 98.6 cm³/mol. The molecule has 0 unspecified atom stereocenters. The number of hydrogen-bond acceptors (Lipinski definition) is 3. The van der Waals surface area contributed by atoms with Crippen LogP contribution >= 0.6 is 11.6 Å². The smallest absolute Gasteiger partial charge is 0.233 e. The Kier molecular flexibility index (Phi) is 4.12. The zero-order valence-electron chi connectivity index (χ0n) is 13.4. The van der Waals surface area contributed by atoms with E-state index < -0.39 is 0 Å². The summed E-state index contributed by atoms with van der Waals surface area (Å²) in [5.74, 6) is 0.566. The van der Waals surface area contributed by atoms with Crippen molar-refractivity contribution < 1.29 is 9.21 Å². The van der Waals surface area contributed by atoms with Crippen LogP contribution in [0.1, 0.15) is 17.7 Å². The van der Waals surface area contributed by atoms with Gasteiger partial charge >= 0.3 is 0 Å². The van der Waals surface area contributed by atoms with Gasteiger partial charge in [-0.05, 0) is 35.9 Å². The maximum absolute atomic E-state index is 13.0. The summed E-state index contributed by atoms with van der Waals surface area (Å²) in [6.07, 6.45) is 1.75. The van der Waals surface area contributed by atoms with Crippen LogP contribution in [0.2, 0.25) is 5.02 Å². The summed E-state index contributed by atoms with van der Waals surface area (Å²) in [5.41, 5.74) is 3.08. The largest absolute Gasteiger partial charge is 0.463 e. The van der Waals surface area contributed by atoms with Crippen LogP contribution in [0.3, 0.4) is 0 Å². The van der Waals surface area contributed by atoms with Gasteiger partial charge in [-0.25, -0.2) is 4.99 Å². The Labute approximate surface area is 150 Å². The Morgan fingerprint density at radius 3 is 2.68 bits per heavy atom. The van der Waals surface area contributed by atoms with Crippen LogP contribution in [0.5, 0.6) is 0 Å². The van der Waals surface area contributed by atoms with Crippen molar-refractivity contribution in [2.75, 3.05) is 4.90 Å². The van der Waals surface area contributed by atoms with E-state index in [0.29, 0.717) is 34.4 Å². The van der Waals surface area contributed by atoms with E-state index in [1.54, 1.807) is 29.4 Å². The number of aliphatic imine (C=N–C) groups is 1. The van der Waals surface area contributed by atoms with Crippen molar-refractivity contribution >= 4 is 34.6 Å². The molecule has 5 heteroatoms. The highest BCUT2D eigenvalue weighted by atomic mass is 35.5. The van der Waals surface area contributed by atoms with E-state index in [0.717, 1.165) is 5.56 Å². The molecular weight excluding hydrogens is 336 g/mol. The molecule has 0 saturated heterocycles. The second-order valence-corrected chi connectivity index (χ2v) is 6.25. The number of nitrogens with zero attached hydrogens (tertiary/aromatic N) is 2. The van der Waals surface area contributed by atoms with Crippen molar-refractivity contribution in [2.24, 2.45) is 4.99 Å². The van der Waals surface area contributed by atoms with Crippen LogP contribution in [-0.4, -0.2) is 11.6 Å². The Bertz CT molecular complexity index is 934. The van der Waals surface area contributed by atoms with Gasteiger partial charge in [0, 0.05) is 5.02 Å². The van der Waals surface area contributed by atoms with E-state index in [9.17, 15) is 4.79 Å². The fraction of sp³-hybridized carbons (Fsp3) is 0.100. The Hall–Kier alpha value is -2.85. The minimum Gasteiger partial charge on any atom is -0.463 e. The topological polar surface area (TPSA) is 45.8 Å². The SMILES string of the molecule is O=C1CC(c2ccco2)=Nc2ccc(Cl)cc2N1Cc1ccccc1. The first-order valence-electron chi connectivity index (χ1n) is 7.96. The van der Waals surface area contributed by atoms with Crippen LogP contribution in [0, 0.1) is 0 Å². The van der Waals surface area contributed by atoms with E-state index in [2.05, 4.69) is 4.99 Å². The molecule has 1 aromatic heterocycles. The molecule has 1 aliphatic heterocycles. The lowest BCUT2D eigenvalue weighted by molar-refractivity contribution is -0.117. The van der Waals surface area contributed by atoms with Gasteiger partial charge in [0.1, 0.15) is 5.76 Å². The number of halogens is 1. The summed E-state index contributed by atoms with van der Waals surface area (Å²) >= 11 is 6.18. The summed E-state index contributed by atoms with van der Waals surface area (Å²) in [5, 5.41) is 0.571. The zero-order valence-corrected chi connectivity index (χ0v) is 14.1. The number of benzene rings is 2. The highest BCUT2D eigenvalue weighted by molar-refractivity contribution is 6.31. The molecule has 0 spiro atoms. The summed E-state index contributed by atoms with van der Waals surface area (Å²) < 4.78 is 5.44. The van der Waals surface area contributed by atoms with E-state index in [-0.39, 0.29) is 12.3 Å². The maximum Gasteiger partial charge on any atom is 0.233 e. The van der Waals surface area contributed by atoms with E-state index in [1.807, 2.05) is 42.5 Å². The fourth-order valence-corrected chi connectivity index (χ4v) is 3.06. The monoisotopic (exact) mass is 350 g/mol. The molecule has 3 aromatic rings. The number of carbonyl (C=O) groups is 1. The van der Waals surface area contributed by atoms with Gasteiger partial charge in [-0.1, -0.05) is 41.9 Å². The summed E-state index contributed by atoms with van der Waals surface area (Å²) in [6, 6.07) is 18.9. The third kappa shape index (κ3) is 3.21. The standard InChI is InChI=1S/C20H15ClN2O2/c21-15-8-9-16-18(11-15)23(13-14-5-2-1-3-6-14)20(24)12-17(22-16)19-7-4-10-25-19/h1-11H,12-13H2. The second kappa shape index (κ2) is 6.57. The number of rotatable bonds is 3. The molecule has 1 aliphatic rings. The van der Waals surface area contributed by atoms with Gasteiger partial charge in [-0.2, -0.15) is 0 Å². The maximum atomic E-state index is 13.0. The Morgan fingerprint density at radius 1 is 1.08 bits per heavy atom. The average Bonchev–Trinajstić information content (AvgIpc) is 3.12. The molecule has 0 radical (unpaired) electrons. The molecule has 0 N–H and O–H groups in total. The molecule has 1 amide bonds. The summed E-state index contributed by atoms with van der Waals surface area (Å²) in [6.45, 7) is 0.466. The summed E-state index contributed by atoms with van der Waals surface area (Å²) in [7, 11) is 0. The van der Waals surface area contributed by atoms with Crippen molar-refractivity contribution in [3.63, 3.8) is 0 Å². The lowest BCUT2D eigenvalue weighted by atomic mass is 10.1. The molecule has 4 rings (SSSR count). The normalized spacial score (nSPS) is 14.0. The van der Waals surface area contributed by atoms with Crippen LogP contribution in [0.15, 0.2) is 76.3 Å². The van der Waals surface area contributed by atoms with E-state index in [4.69, 9.17) is 16.0 Å². The van der Waals surface area contributed by atoms with Gasteiger partial charge in [0.25, 0.3) is 0 Å². The number of anilines is 1. The number of furan rings is 1. The molecule has 25 heavy (non-hydrogen) atoms. The predicted octanol–water partition coefficient (Wildman–Crippen LogP) is 4.99. The van der Waals surface area contributed by atoms with Crippen LogP contribution in [0.25, 0.3) is 0 Å². The lowest BCUT2D eigenvalue weighted by Gasteiger charge is -2.22. The van der Waals surface area contributed by atoms with E-state index >= 15 is 0 Å². The van der Waals surface area contributed by atoms with Crippen molar-refractivity contribution in [1.82, 2.24) is 0 Å². The third-order valence-corrected chi connectivity index (χ3v) is 4.33. The van der Waals surface area contributed by atoms with Gasteiger partial charge in [-0.3, -0.25) is 4.79 Å². The van der Waals surface area contributed by atoms with E-state index in [1.165, 1.54) is 0 Å². The Balaban J connectivity index is 1.79. The molecule has 4 nitrogen and oxygen atoms in total. The van der Waals surface area contributed by atoms with Crippen molar-refractivity contribution in [3.8, 4) is 0 Å². The quantitative estimate of drug-likeness (QED) is 0.668. The van der Waals surface area contributed by atoms with Gasteiger partial charge in [0.05, 0.1) is 36.3 Å². The van der Waals surface area contributed by atoms with Crippen LogP contribution in [-0.2, 0) is 11.3 Å². The van der Waals surface area contributed by atoms with Crippen molar-refractivity contribution in [1.29, 1.82) is 0 Å². The molecule has 0 bridgehead atoms. The zero-order chi connectivity index (χ0) is 17.2. The molecule has 124 valence electrons. The van der Waals surface area contributed by atoms with Gasteiger partial charge in [0.15, 0.2) is 0 Å². The number of amides is 1. The molecule has 0 saturated carbocycles. The molecule has 2 aromatic carbocycles. The molecular formula is C20H15ClN2O2. The minimum atomic E-state index is -0.0416. The van der Waals surface area contributed by atoms with Gasteiger partial charge in [-0.15, -0.1) is 0 Å². The van der Waals surface area contributed by atoms with Crippen LogP contribution < -0.4 is 4.90 Å². The molecule has 2 heterocycles. The van der Waals surface area contributed by atoms with Crippen molar-refractivity contribution in [2.45, 2.75) is 13.0 Å². The number of carbonyl (C=O) groups excluding carboxylic acids is 1. The van der Waals surface area contributed by atoms with Gasteiger partial charge < -0.3 is 9.32 Å². The third-order valence-electron chi connectivity index (χ3n) is 4.09. The summed E-state index contributed by atoms with van der Waals surface area (Å²) in [4.78, 5) is 19.4. The fourth-order valence-electron chi connectivity index (χ4n) is 2.89. The lowest BCUT2D eigenvalue weighted by Crippen LogP contribution is -2.31. The second-order valence-electron chi connectivity index (χ2n) is 5.81. The molecule has 0 aliphatic carbocycles. The molecule has 0 atom stereocenters. The first kappa shape index (κ1) is 15.7. The average molecular weight is 351 g/mol. The highest BCUT2D eigenvalue weighted by Gasteiger charge is 2.26.